The first kappa shape index (κ1) is 8.55. The molecule has 62 valence electrons. The van der Waals surface area contributed by atoms with Crippen molar-refractivity contribution >= 4 is 11.8 Å². The minimum Gasteiger partial charge on any atom is -0.387 e. The van der Waals surface area contributed by atoms with Gasteiger partial charge in [-0.1, -0.05) is 12.1 Å². The maximum absolute atomic E-state index is 8.57. The lowest BCUT2D eigenvalue weighted by molar-refractivity contribution is 0.222. The lowest BCUT2D eigenvalue weighted by Gasteiger charge is -1.87. The van der Waals surface area contributed by atoms with Crippen molar-refractivity contribution in [3.63, 3.8) is 0 Å². The Labute approximate surface area is 69.0 Å². The van der Waals surface area contributed by atoms with Crippen LogP contribution in [0.2, 0.25) is 0 Å². The second kappa shape index (κ2) is 4.35. The van der Waals surface area contributed by atoms with Crippen LogP contribution in [0.15, 0.2) is 4.52 Å². The molecule has 1 N–H and O–H groups in total. The fraction of sp³-hybridized carbons (Fsp3) is 0.667. The molecule has 4 nitrogen and oxygen atoms in total. The van der Waals surface area contributed by atoms with E-state index in [4.69, 9.17) is 5.11 Å². The first-order chi connectivity index (χ1) is 5.36. The highest BCUT2D eigenvalue weighted by Crippen LogP contribution is 2.07. The minimum atomic E-state index is -0.177. The number of rotatable bonds is 4. The molecule has 1 aromatic heterocycles. The first-order valence-corrected chi connectivity index (χ1v) is 4.52. The van der Waals surface area contributed by atoms with Crippen molar-refractivity contribution in [3.05, 3.63) is 11.7 Å². The van der Waals surface area contributed by atoms with Crippen LogP contribution in [0.4, 0.5) is 0 Å². The molecule has 5 heteroatoms. The predicted molar refractivity (Wildman–Crippen MR) is 42.1 cm³/mol. The van der Waals surface area contributed by atoms with E-state index in [0.29, 0.717) is 5.82 Å². The van der Waals surface area contributed by atoms with Crippen molar-refractivity contribution in [2.24, 2.45) is 0 Å². The predicted octanol–water partition coefficient (Wildman–Crippen LogP) is 0.815. The lowest BCUT2D eigenvalue weighted by Crippen LogP contribution is -1.85. The van der Waals surface area contributed by atoms with E-state index < -0.39 is 0 Å². The normalized spacial score (nSPS) is 10.4. The third-order valence-electron chi connectivity index (χ3n) is 1.08. The number of nitrogens with zero attached hydrogens (tertiary/aromatic N) is 2. The van der Waals surface area contributed by atoms with Gasteiger partial charge in [0.15, 0.2) is 5.82 Å². The van der Waals surface area contributed by atoms with Gasteiger partial charge < -0.3 is 9.63 Å². The van der Waals surface area contributed by atoms with Crippen molar-refractivity contribution in [2.45, 2.75) is 19.3 Å². The van der Waals surface area contributed by atoms with Gasteiger partial charge in [-0.25, -0.2) is 0 Å². The molecule has 0 bridgehead atoms. The molecule has 1 rings (SSSR count). The third-order valence-corrected chi connectivity index (χ3v) is 1.95. The van der Waals surface area contributed by atoms with Crippen molar-refractivity contribution in [1.29, 1.82) is 0 Å². The average molecular weight is 174 g/mol. The van der Waals surface area contributed by atoms with E-state index in [1.165, 1.54) is 0 Å². The molecule has 0 atom stereocenters. The van der Waals surface area contributed by atoms with Crippen molar-refractivity contribution in [3.8, 4) is 0 Å². The largest absolute Gasteiger partial charge is 0.387 e. The Kier molecular flexibility index (Phi) is 3.38. The van der Waals surface area contributed by atoms with Crippen LogP contribution in [0.5, 0.6) is 0 Å². The first-order valence-electron chi connectivity index (χ1n) is 3.37. The van der Waals surface area contributed by atoms with Gasteiger partial charge in [-0.3, -0.25) is 0 Å². The Bertz CT molecular complexity index is 214. The number of aliphatic hydroxyl groups excluding tert-OH is 1. The summed E-state index contributed by atoms with van der Waals surface area (Å²) >= 11 is 1.72. The summed E-state index contributed by atoms with van der Waals surface area (Å²) in [7, 11) is 0. The molecule has 0 aromatic carbocycles. The standard InChI is InChI=1S/C6H10N2O2S/c1-2-11-4-5-7-6(3-9)10-8-5/h9H,2-4H2,1H3. The van der Waals surface area contributed by atoms with E-state index in [0.717, 1.165) is 11.5 Å². The summed E-state index contributed by atoms with van der Waals surface area (Å²) in [5.41, 5.74) is 0. The van der Waals surface area contributed by atoms with Crippen molar-refractivity contribution in [2.75, 3.05) is 5.75 Å². The van der Waals surface area contributed by atoms with Gasteiger partial charge in [0.25, 0.3) is 5.89 Å². The van der Waals surface area contributed by atoms with Gasteiger partial charge in [0, 0.05) is 0 Å². The molecule has 1 aromatic rings. The Morgan fingerprint density at radius 1 is 1.64 bits per heavy atom. The highest BCUT2D eigenvalue weighted by Gasteiger charge is 2.02. The van der Waals surface area contributed by atoms with E-state index in [9.17, 15) is 0 Å². The number of aromatic nitrogens is 2. The maximum atomic E-state index is 8.57. The second-order valence-corrected chi connectivity index (χ2v) is 3.17. The van der Waals surface area contributed by atoms with Gasteiger partial charge >= 0.3 is 0 Å². The van der Waals surface area contributed by atoms with Crippen LogP contribution >= 0.6 is 11.8 Å². The summed E-state index contributed by atoms with van der Waals surface area (Å²) in [6.07, 6.45) is 0. The van der Waals surface area contributed by atoms with Crippen LogP contribution in [-0.4, -0.2) is 21.0 Å². The van der Waals surface area contributed by atoms with Gasteiger partial charge in [0.2, 0.25) is 0 Å². The van der Waals surface area contributed by atoms with Gasteiger partial charge in [0.05, 0.1) is 5.75 Å². The van der Waals surface area contributed by atoms with Crippen LogP contribution in [0.3, 0.4) is 0 Å². The second-order valence-electron chi connectivity index (χ2n) is 1.90. The molecule has 0 spiro atoms. The van der Waals surface area contributed by atoms with Gasteiger partial charge in [-0.05, 0) is 5.75 Å². The maximum Gasteiger partial charge on any atom is 0.252 e. The number of hydrogen-bond acceptors (Lipinski definition) is 5. The summed E-state index contributed by atoms with van der Waals surface area (Å²) in [5.74, 6) is 2.72. The highest BCUT2D eigenvalue weighted by molar-refractivity contribution is 7.98. The quantitative estimate of drug-likeness (QED) is 0.732. The van der Waals surface area contributed by atoms with Crippen LogP contribution in [0.1, 0.15) is 18.6 Å². The van der Waals surface area contributed by atoms with Crippen LogP contribution in [0.25, 0.3) is 0 Å². The molecule has 1 heterocycles. The topological polar surface area (TPSA) is 59.2 Å². The summed E-state index contributed by atoms with van der Waals surface area (Å²) in [6.45, 7) is 1.89. The zero-order valence-corrected chi connectivity index (χ0v) is 7.10. The number of thioether (sulfide) groups is 1. The smallest absolute Gasteiger partial charge is 0.252 e. The zero-order chi connectivity index (χ0) is 8.10. The molecule has 0 unspecified atom stereocenters. The van der Waals surface area contributed by atoms with Crippen molar-refractivity contribution in [1.82, 2.24) is 10.1 Å². The van der Waals surface area contributed by atoms with Gasteiger partial charge in [-0.15, -0.1) is 0 Å². The summed E-state index contributed by atoms with van der Waals surface area (Å²) < 4.78 is 4.69. The van der Waals surface area contributed by atoms with E-state index in [1.807, 2.05) is 0 Å². The van der Waals surface area contributed by atoms with Crippen LogP contribution in [0, 0.1) is 0 Å². The molecule has 0 aliphatic heterocycles. The fourth-order valence-corrected chi connectivity index (χ4v) is 1.11. The monoisotopic (exact) mass is 174 g/mol. The molecule has 0 saturated heterocycles. The SMILES string of the molecule is CCSCc1noc(CO)n1. The van der Waals surface area contributed by atoms with E-state index >= 15 is 0 Å². The molecular weight excluding hydrogens is 164 g/mol. The zero-order valence-electron chi connectivity index (χ0n) is 6.28. The number of aliphatic hydroxyl groups is 1. The lowest BCUT2D eigenvalue weighted by atomic mass is 10.7. The van der Waals surface area contributed by atoms with Crippen LogP contribution < -0.4 is 0 Å². The minimum absolute atomic E-state index is 0.177. The third kappa shape index (κ3) is 2.51. The Morgan fingerprint density at radius 3 is 3.00 bits per heavy atom. The molecular formula is C6H10N2O2S. The molecule has 0 amide bonds. The Hall–Kier alpha value is -0.550. The van der Waals surface area contributed by atoms with Crippen molar-refractivity contribution < 1.29 is 9.63 Å². The summed E-state index contributed by atoms with van der Waals surface area (Å²) in [6, 6.07) is 0. The number of hydrogen-bond donors (Lipinski definition) is 1. The van der Waals surface area contributed by atoms with Gasteiger partial charge in [-0.2, -0.15) is 16.7 Å². The molecule has 0 aliphatic carbocycles. The Balaban J connectivity index is 2.44. The van der Waals surface area contributed by atoms with Crippen LogP contribution in [-0.2, 0) is 12.4 Å². The molecule has 0 saturated carbocycles. The Morgan fingerprint density at radius 2 is 2.45 bits per heavy atom. The average Bonchev–Trinajstić information content (AvgIpc) is 2.48. The molecule has 0 aliphatic rings. The highest BCUT2D eigenvalue weighted by atomic mass is 32.2. The van der Waals surface area contributed by atoms with Gasteiger partial charge in [0.1, 0.15) is 6.61 Å². The fourth-order valence-electron chi connectivity index (χ4n) is 0.606. The summed E-state index contributed by atoms with van der Waals surface area (Å²) in [5, 5.41) is 12.2. The molecule has 11 heavy (non-hydrogen) atoms. The van der Waals surface area contributed by atoms with E-state index in [2.05, 4.69) is 21.6 Å². The summed E-state index contributed by atoms with van der Waals surface area (Å²) in [4.78, 5) is 3.92. The molecule has 0 radical (unpaired) electrons. The molecule has 0 fully saturated rings. The van der Waals surface area contributed by atoms with E-state index in [1.54, 1.807) is 11.8 Å². The van der Waals surface area contributed by atoms with E-state index in [-0.39, 0.29) is 12.5 Å².